The highest BCUT2D eigenvalue weighted by Crippen LogP contribution is 2.43. The van der Waals surface area contributed by atoms with E-state index in [-0.39, 0.29) is 23.0 Å². The average molecular weight is 427 g/mol. The van der Waals surface area contributed by atoms with E-state index in [1.165, 1.54) is 18.2 Å². The molecule has 3 heterocycles. The van der Waals surface area contributed by atoms with Crippen molar-refractivity contribution in [2.75, 3.05) is 26.2 Å². The van der Waals surface area contributed by atoms with Crippen LogP contribution in [0.1, 0.15) is 28.0 Å². The van der Waals surface area contributed by atoms with Crippen LogP contribution >= 0.6 is 11.6 Å². The minimum Gasteiger partial charge on any atom is -0.395 e. The Labute approximate surface area is 171 Å². The number of rotatable bonds is 3. The van der Waals surface area contributed by atoms with Crippen molar-refractivity contribution in [3.63, 3.8) is 0 Å². The molecule has 0 bridgehead atoms. The smallest absolute Gasteiger partial charge is 0.395 e. The molecule has 29 heavy (non-hydrogen) atoms. The molecule has 0 unspecified atom stereocenters. The lowest BCUT2D eigenvalue weighted by atomic mass is 10.1. The number of aromatic nitrogens is 2. The average Bonchev–Trinajstić information content (AvgIpc) is 2.98. The van der Waals surface area contributed by atoms with Gasteiger partial charge >= 0.3 is 6.29 Å². The van der Waals surface area contributed by atoms with Gasteiger partial charge in [-0.1, -0.05) is 17.7 Å². The Morgan fingerprint density at radius 3 is 2.76 bits per heavy atom. The van der Waals surface area contributed by atoms with Crippen LogP contribution in [-0.4, -0.2) is 58.0 Å². The fourth-order valence-electron chi connectivity index (χ4n) is 3.72. The van der Waals surface area contributed by atoms with Gasteiger partial charge in [-0.15, -0.1) is 8.78 Å². The quantitative estimate of drug-likeness (QED) is 0.755. The topological polar surface area (TPSA) is 59.8 Å². The van der Waals surface area contributed by atoms with Crippen molar-refractivity contribution in [2.24, 2.45) is 7.05 Å². The van der Waals surface area contributed by atoms with E-state index in [2.05, 4.69) is 19.5 Å². The van der Waals surface area contributed by atoms with E-state index in [4.69, 9.17) is 11.6 Å². The number of aryl methyl sites for hydroxylation is 2. The molecule has 2 aliphatic rings. The zero-order valence-corrected chi connectivity index (χ0v) is 16.9. The summed E-state index contributed by atoms with van der Waals surface area (Å²) in [5, 5.41) is 4.94. The number of alkyl halides is 2. The molecule has 2 aromatic rings. The molecule has 7 nitrogen and oxygen atoms in total. The molecule has 4 rings (SSSR count). The first-order valence-corrected chi connectivity index (χ1v) is 9.71. The zero-order valence-electron chi connectivity index (χ0n) is 16.1. The molecule has 2 aliphatic heterocycles. The van der Waals surface area contributed by atoms with Gasteiger partial charge < -0.3 is 14.4 Å². The van der Waals surface area contributed by atoms with Gasteiger partial charge in [0.05, 0.1) is 11.3 Å². The lowest BCUT2D eigenvalue weighted by Crippen LogP contribution is -2.35. The minimum absolute atomic E-state index is 0.0827. The van der Waals surface area contributed by atoms with E-state index >= 15 is 0 Å². The number of hydrogen-bond acceptors (Lipinski definition) is 5. The van der Waals surface area contributed by atoms with Crippen molar-refractivity contribution < 1.29 is 23.0 Å². The number of fused-ring (bicyclic) bond motifs is 1. The Hall–Kier alpha value is -2.39. The van der Waals surface area contributed by atoms with Crippen LogP contribution in [-0.2, 0) is 13.6 Å². The number of amides is 1. The van der Waals surface area contributed by atoms with Crippen LogP contribution in [0.2, 0.25) is 5.15 Å². The number of hydrogen-bond donors (Lipinski definition) is 0. The van der Waals surface area contributed by atoms with Crippen molar-refractivity contribution in [3.8, 4) is 11.5 Å². The zero-order chi connectivity index (χ0) is 20.8. The first-order valence-electron chi connectivity index (χ1n) is 9.33. The number of carbonyl (C=O) groups is 1. The van der Waals surface area contributed by atoms with E-state index in [1.807, 2.05) is 6.92 Å². The minimum atomic E-state index is -3.75. The molecule has 1 aromatic carbocycles. The lowest BCUT2D eigenvalue weighted by Gasteiger charge is -2.22. The van der Waals surface area contributed by atoms with Crippen LogP contribution in [0, 0.1) is 6.92 Å². The van der Waals surface area contributed by atoms with Gasteiger partial charge in [-0.3, -0.25) is 14.4 Å². The molecule has 1 fully saturated rings. The highest BCUT2D eigenvalue weighted by Gasteiger charge is 2.45. The molecule has 10 heteroatoms. The Balaban J connectivity index is 1.46. The monoisotopic (exact) mass is 426 g/mol. The first-order chi connectivity index (χ1) is 13.7. The SMILES string of the molecule is Cc1nn(C)c(Cl)c1CN1CCCN(C(=O)c2cccc3c2OC(F)(F)O3)CC1. The van der Waals surface area contributed by atoms with Gasteiger partial charge in [0.25, 0.3) is 5.91 Å². The summed E-state index contributed by atoms with van der Waals surface area (Å²) in [6, 6.07) is 4.35. The fraction of sp³-hybridized carbons (Fsp3) is 0.474. The third-order valence-electron chi connectivity index (χ3n) is 5.19. The third-order valence-corrected chi connectivity index (χ3v) is 5.66. The summed E-state index contributed by atoms with van der Waals surface area (Å²) in [6.45, 7) is 4.98. The maximum Gasteiger partial charge on any atom is 0.586 e. The molecule has 1 amide bonds. The maximum absolute atomic E-state index is 13.4. The Morgan fingerprint density at radius 1 is 1.24 bits per heavy atom. The predicted molar refractivity (Wildman–Crippen MR) is 101 cm³/mol. The number of ether oxygens (including phenoxy) is 2. The van der Waals surface area contributed by atoms with Crippen molar-refractivity contribution in [2.45, 2.75) is 26.2 Å². The maximum atomic E-state index is 13.4. The molecule has 156 valence electrons. The van der Waals surface area contributed by atoms with Gasteiger partial charge in [-0.2, -0.15) is 5.10 Å². The Bertz CT molecular complexity index is 950. The third kappa shape index (κ3) is 3.89. The second-order valence-corrected chi connectivity index (χ2v) is 7.56. The van der Waals surface area contributed by atoms with Crippen molar-refractivity contribution in [1.82, 2.24) is 19.6 Å². The summed E-state index contributed by atoms with van der Waals surface area (Å²) in [4.78, 5) is 16.9. The van der Waals surface area contributed by atoms with Crippen LogP contribution in [0.5, 0.6) is 11.5 Å². The summed E-state index contributed by atoms with van der Waals surface area (Å²) >= 11 is 6.33. The van der Waals surface area contributed by atoms with E-state index in [0.717, 1.165) is 24.2 Å². The number of para-hydroxylation sites is 1. The Morgan fingerprint density at radius 2 is 2.03 bits per heavy atom. The number of benzene rings is 1. The second kappa shape index (κ2) is 7.46. The van der Waals surface area contributed by atoms with Crippen LogP contribution < -0.4 is 9.47 Å². The number of nitrogens with zero attached hydrogens (tertiary/aromatic N) is 4. The molecular weight excluding hydrogens is 406 g/mol. The highest BCUT2D eigenvalue weighted by molar-refractivity contribution is 6.30. The molecule has 0 atom stereocenters. The molecule has 0 radical (unpaired) electrons. The van der Waals surface area contributed by atoms with Gasteiger partial charge in [-0.25, -0.2) is 0 Å². The number of carbonyl (C=O) groups excluding carboxylic acids is 1. The number of halogens is 3. The highest BCUT2D eigenvalue weighted by atomic mass is 35.5. The van der Waals surface area contributed by atoms with Gasteiger partial charge in [0.1, 0.15) is 5.15 Å². The normalized spacial score (nSPS) is 18.7. The lowest BCUT2D eigenvalue weighted by molar-refractivity contribution is -0.286. The van der Waals surface area contributed by atoms with Gasteiger partial charge in [0.2, 0.25) is 0 Å². The van der Waals surface area contributed by atoms with E-state index < -0.39 is 6.29 Å². The fourth-order valence-corrected chi connectivity index (χ4v) is 3.95. The van der Waals surface area contributed by atoms with Crippen LogP contribution in [0.4, 0.5) is 8.78 Å². The van der Waals surface area contributed by atoms with Crippen LogP contribution in [0.3, 0.4) is 0 Å². The molecular formula is C19H21ClF2N4O3. The summed E-state index contributed by atoms with van der Waals surface area (Å²) in [6.07, 6.45) is -3.00. The molecule has 0 N–H and O–H groups in total. The molecule has 0 aliphatic carbocycles. The summed E-state index contributed by atoms with van der Waals surface area (Å²) in [5.41, 5.74) is 1.94. The first kappa shape index (κ1) is 19.9. The van der Waals surface area contributed by atoms with Crippen molar-refractivity contribution in [3.05, 3.63) is 40.2 Å². The van der Waals surface area contributed by atoms with Crippen LogP contribution in [0.25, 0.3) is 0 Å². The molecule has 1 saturated heterocycles. The second-order valence-electron chi connectivity index (χ2n) is 7.20. The van der Waals surface area contributed by atoms with E-state index in [0.29, 0.717) is 31.3 Å². The standard InChI is InChI=1S/C19H21ClF2N4O3/c1-12-14(17(20)24(2)23-12)11-25-7-4-8-26(10-9-25)18(27)13-5-3-6-15-16(13)29-19(21,22)28-15/h3,5-6H,4,7-11H2,1-2H3. The van der Waals surface area contributed by atoms with E-state index in [9.17, 15) is 13.6 Å². The largest absolute Gasteiger partial charge is 0.586 e. The molecule has 0 saturated carbocycles. The van der Waals surface area contributed by atoms with Gasteiger partial charge in [-0.05, 0) is 25.5 Å². The summed E-state index contributed by atoms with van der Waals surface area (Å²) in [7, 11) is 1.80. The van der Waals surface area contributed by atoms with E-state index in [1.54, 1.807) is 16.6 Å². The summed E-state index contributed by atoms with van der Waals surface area (Å²) in [5.74, 6) is -0.680. The Kier molecular flexibility index (Phi) is 5.12. The van der Waals surface area contributed by atoms with Crippen molar-refractivity contribution in [1.29, 1.82) is 0 Å². The molecule has 1 aromatic heterocycles. The van der Waals surface area contributed by atoms with Gasteiger partial charge in [0, 0.05) is 45.3 Å². The molecule has 0 spiro atoms. The van der Waals surface area contributed by atoms with Gasteiger partial charge in [0.15, 0.2) is 11.5 Å². The van der Waals surface area contributed by atoms with Crippen molar-refractivity contribution >= 4 is 17.5 Å². The summed E-state index contributed by atoms with van der Waals surface area (Å²) < 4.78 is 37.5. The van der Waals surface area contributed by atoms with Crippen LogP contribution in [0.15, 0.2) is 18.2 Å². The predicted octanol–water partition coefficient (Wildman–Crippen LogP) is 3.05.